The van der Waals surface area contributed by atoms with Crippen molar-refractivity contribution in [2.75, 3.05) is 13.2 Å². The Hall–Kier alpha value is -0.590. The van der Waals surface area contributed by atoms with Crippen molar-refractivity contribution < 1.29 is 4.74 Å². The number of ether oxygens (including phenoxy) is 1. The quantitative estimate of drug-likeness (QED) is 0.775. The van der Waals surface area contributed by atoms with Crippen LogP contribution in [0.25, 0.3) is 0 Å². The molecule has 0 heterocycles. The summed E-state index contributed by atoms with van der Waals surface area (Å²) in [5.41, 5.74) is -0.428. The molecule has 0 bridgehead atoms. The number of nitrogens with zero attached hydrogens (tertiary/aromatic N) is 1. The molecule has 2 aliphatic rings. The number of rotatable bonds is 7. The smallest absolute Gasteiger partial charge is 0.133 e. The molecule has 4 unspecified atom stereocenters. The summed E-state index contributed by atoms with van der Waals surface area (Å²) in [5.74, 6) is 2.06. The Bertz CT molecular complexity index is 347. The van der Waals surface area contributed by atoms with Crippen molar-refractivity contribution in [2.45, 2.75) is 70.9 Å². The van der Waals surface area contributed by atoms with Crippen LogP contribution in [0.5, 0.6) is 0 Å². The van der Waals surface area contributed by atoms with Crippen molar-refractivity contribution in [2.24, 2.45) is 17.8 Å². The molecule has 0 aromatic rings. The van der Waals surface area contributed by atoms with Gasteiger partial charge >= 0.3 is 0 Å². The fourth-order valence-corrected chi connectivity index (χ4v) is 3.30. The molecule has 0 aromatic heterocycles. The molecule has 2 saturated carbocycles. The van der Waals surface area contributed by atoms with Crippen molar-refractivity contribution in [3.63, 3.8) is 0 Å². The summed E-state index contributed by atoms with van der Waals surface area (Å²) in [5, 5.41) is 13.1. The van der Waals surface area contributed by atoms with Crippen LogP contribution in [-0.4, -0.2) is 24.8 Å². The van der Waals surface area contributed by atoms with Crippen LogP contribution in [0.15, 0.2) is 0 Å². The second kappa shape index (κ2) is 6.91. The summed E-state index contributed by atoms with van der Waals surface area (Å²) in [6.07, 6.45) is 7.34. The maximum Gasteiger partial charge on any atom is 0.133 e. The number of nitriles is 1. The average Bonchev–Trinajstić information content (AvgIpc) is 3.28. The molecule has 2 aliphatic carbocycles. The molecule has 20 heavy (non-hydrogen) atoms. The van der Waals surface area contributed by atoms with Crippen LogP contribution in [0.3, 0.4) is 0 Å². The van der Waals surface area contributed by atoms with E-state index in [1.54, 1.807) is 0 Å². The monoisotopic (exact) mass is 278 g/mol. The molecular weight excluding hydrogens is 248 g/mol. The Morgan fingerprint density at radius 2 is 1.95 bits per heavy atom. The van der Waals surface area contributed by atoms with E-state index in [-0.39, 0.29) is 0 Å². The summed E-state index contributed by atoms with van der Waals surface area (Å²) in [6, 6.07) is 2.54. The molecule has 0 spiro atoms. The summed E-state index contributed by atoms with van der Waals surface area (Å²) < 4.78 is 6.17. The average molecular weight is 278 g/mol. The molecule has 0 saturated heterocycles. The molecule has 0 radical (unpaired) electrons. The fourth-order valence-electron chi connectivity index (χ4n) is 3.30. The zero-order chi connectivity index (χ0) is 14.6. The van der Waals surface area contributed by atoms with Crippen molar-refractivity contribution in [3.8, 4) is 6.07 Å². The number of nitrogens with one attached hydrogen (secondary N) is 1. The largest absolute Gasteiger partial charge is 0.375 e. The van der Waals surface area contributed by atoms with Gasteiger partial charge in [-0.3, -0.25) is 5.32 Å². The van der Waals surface area contributed by atoms with E-state index in [1.807, 2.05) is 0 Å². The van der Waals surface area contributed by atoms with E-state index in [1.165, 1.54) is 19.3 Å². The summed E-state index contributed by atoms with van der Waals surface area (Å²) in [6.45, 7) is 8.29. The molecule has 2 rings (SSSR count). The van der Waals surface area contributed by atoms with Gasteiger partial charge in [0.15, 0.2) is 0 Å². The van der Waals surface area contributed by atoms with Gasteiger partial charge in [0.05, 0.1) is 18.8 Å². The Kier molecular flexibility index (Phi) is 5.46. The highest BCUT2D eigenvalue weighted by atomic mass is 16.5. The van der Waals surface area contributed by atoms with E-state index in [4.69, 9.17) is 4.74 Å². The van der Waals surface area contributed by atoms with Gasteiger partial charge in [0.1, 0.15) is 5.54 Å². The van der Waals surface area contributed by atoms with Gasteiger partial charge in [0.25, 0.3) is 0 Å². The van der Waals surface area contributed by atoms with Gasteiger partial charge in [-0.15, -0.1) is 0 Å². The first-order valence-electron chi connectivity index (χ1n) is 8.39. The predicted octanol–water partition coefficient (Wildman–Crippen LogP) is 3.50. The Morgan fingerprint density at radius 1 is 1.20 bits per heavy atom. The minimum absolute atomic E-state index is 0.358. The topological polar surface area (TPSA) is 45.0 Å². The van der Waals surface area contributed by atoms with Gasteiger partial charge in [-0.2, -0.15) is 5.26 Å². The molecule has 3 nitrogen and oxygen atoms in total. The lowest BCUT2D eigenvalue weighted by Gasteiger charge is -2.35. The highest BCUT2D eigenvalue weighted by molar-refractivity contribution is 5.15. The van der Waals surface area contributed by atoms with Crippen molar-refractivity contribution in [1.29, 1.82) is 5.26 Å². The maximum atomic E-state index is 9.64. The van der Waals surface area contributed by atoms with Crippen LogP contribution < -0.4 is 5.32 Å². The molecule has 0 aliphatic heterocycles. The Morgan fingerprint density at radius 3 is 2.50 bits per heavy atom. The molecule has 114 valence electrons. The second-order valence-electron chi connectivity index (χ2n) is 6.98. The Balaban J connectivity index is 1.87. The van der Waals surface area contributed by atoms with Crippen molar-refractivity contribution >= 4 is 0 Å². The van der Waals surface area contributed by atoms with E-state index >= 15 is 0 Å². The van der Waals surface area contributed by atoms with E-state index in [0.29, 0.717) is 18.6 Å². The first-order chi connectivity index (χ1) is 9.61. The number of hydrogen-bond donors (Lipinski definition) is 1. The molecule has 0 aromatic carbocycles. The van der Waals surface area contributed by atoms with Crippen LogP contribution in [0, 0.1) is 29.1 Å². The normalized spacial score (nSPS) is 33.4. The molecule has 4 atom stereocenters. The van der Waals surface area contributed by atoms with E-state index in [2.05, 4.69) is 32.2 Å². The van der Waals surface area contributed by atoms with Gasteiger partial charge in [-0.25, -0.2) is 0 Å². The van der Waals surface area contributed by atoms with Gasteiger partial charge in [-0.1, -0.05) is 20.8 Å². The minimum atomic E-state index is -0.428. The van der Waals surface area contributed by atoms with E-state index < -0.39 is 5.54 Å². The summed E-state index contributed by atoms with van der Waals surface area (Å²) in [4.78, 5) is 0. The SMILES string of the molecule is CCCNC(C#N)(COC1CCC(C)C(C)C1)C1CC1. The lowest BCUT2D eigenvalue weighted by Crippen LogP contribution is -2.51. The minimum Gasteiger partial charge on any atom is -0.375 e. The number of hydrogen-bond acceptors (Lipinski definition) is 3. The maximum absolute atomic E-state index is 9.64. The highest BCUT2D eigenvalue weighted by Crippen LogP contribution is 2.40. The van der Waals surface area contributed by atoms with Gasteiger partial charge in [-0.05, 0) is 62.8 Å². The fraction of sp³-hybridized carbons (Fsp3) is 0.941. The summed E-state index contributed by atoms with van der Waals surface area (Å²) >= 11 is 0. The van der Waals surface area contributed by atoms with Crippen LogP contribution in [0.1, 0.15) is 59.3 Å². The Labute approximate surface area is 124 Å². The third-order valence-electron chi connectivity index (χ3n) is 5.26. The zero-order valence-electron chi connectivity index (χ0n) is 13.3. The third-order valence-corrected chi connectivity index (χ3v) is 5.26. The second-order valence-corrected chi connectivity index (χ2v) is 6.98. The molecule has 0 amide bonds. The first-order valence-corrected chi connectivity index (χ1v) is 8.39. The van der Waals surface area contributed by atoms with E-state index in [0.717, 1.165) is 37.6 Å². The van der Waals surface area contributed by atoms with Gasteiger partial charge in [0, 0.05) is 0 Å². The van der Waals surface area contributed by atoms with E-state index in [9.17, 15) is 5.26 Å². The van der Waals surface area contributed by atoms with Crippen LogP contribution >= 0.6 is 0 Å². The third kappa shape index (κ3) is 3.74. The lowest BCUT2D eigenvalue weighted by molar-refractivity contribution is -0.0212. The van der Waals surface area contributed by atoms with Gasteiger partial charge in [0.2, 0.25) is 0 Å². The predicted molar refractivity (Wildman–Crippen MR) is 81.3 cm³/mol. The lowest BCUT2D eigenvalue weighted by atomic mass is 9.80. The van der Waals surface area contributed by atoms with Crippen molar-refractivity contribution in [3.05, 3.63) is 0 Å². The summed E-state index contributed by atoms with van der Waals surface area (Å²) in [7, 11) is 0. The first kappa shape index (κ1) is 15.8. The standard InChI is InChI=1S/C17H30N2O/c1-4-9-19-17(11-18,15-6-7-15)12-20-16-8-5-13(2)14(3)10-16/h13-16,19H,4-10,12H2,1-3H3. The molecule has 1 N–H and O–H groups in total. The van der Waals surface area contributed by atoms with Crippen LogP contribution in [0.4, 0.5) is 0 Å². The zero-order valence-corrected chi connectivity index (χ0v) is 13.3. The van der Waals surface area contributed by atoms with Crippen LogP contribution in [-0.2, 0) is 4.74 Å². The van der Waals surface area contributed by atoms with Crippen molar-refractivity contribution in [1.82, 2.24) is 5.32 Å². The van der Waals surface area contributed by atoms with Gasteiger partial charge < -0.3 is 4.74 Å². The molecule has 3 heteroatoms. The molecule has 2 fully saturated rings. The molecular formula is C17H30N2O. The van der Waals surface area contributed by atoms with Crippen LogP contribution in [0.2, 0.25) is 0 Å². The highest BCUT2D eigenvalue weighted by Gasteiger charge is 2.46.